The monoisotopic (exact) mass is 433 g/mol. The quantitative estimate of drug-likeness (QED) is 0.189. The van der Waals surface area contributed by atoms with Gasteiger partial charge >= 0.3 is 0 Å². The van der Waals surface area contributed by atoms with Crippen LogP contribution in [-0.2, 0) is 6.54 Å². The number of hydrogen-bond acceptors (Lipinski definition) is 2. The number of carbonyl (C=O) groups is 1. The van der Waals surface area contributed by atoms with E-state index in [0.29, 0.717) is 15.6 Å². The van der Waals surface area contributed by atoms with Gasteiger partial charge in [0.2, 0.25) is 0 Å². The van der Waals surface area contributed by atoms with E-state index >= 15 is 0 Å². The van der Waals surface area contributed by atoms with Crippen LogP contribution in [0, 0.1) is 0 Å². The van der Waals surface area contributed by atoms with Crippen LogP contribution in [0.15, 0.2) is 58.1 Å². The van der Waals surface area contributed by atoms with E-state index in [9.17, 15) is 4.79 Å². The number of rotatable bonds is 4. The van der Waals surface area contributed by atoms with Gasteiger partial charge in [-0.2, -0.15) is 0 Å². The first-order valence-electron chi connectivity index (χ1n) is 7.23. The Bertz CT molecular complexity index is 1020. The van der Waals surface area contributed by atoms with Gasteiger partial charge in [-0.3, -0.25) is 4.79 Å². The van der Waals surface area contributed by atoms with Gasteiger partial charge < -0.3 is 0 Å². The van der Waals surface area contributed by atoms with Crippen molar-refractivity contribution in [3.63, 3.8) is 0 Å². The van der Waals surface area contributed by atoms with Gasteiger partial charge in [-0.25, -0.2) is 0 Å². The molecule has 0 heterocycles. The summed E-state index contributed by atoms with van der Waals surface area (Å²) in [6, 6.07) is 14.5. The molecule has 0 radical (unpaired) electrons. The van der Waals surface area contributed by atoms with Gasteiger partial charge in [0.25, 0.3) is 0 Å². The first-order valence-corrected chi connectivity index (χ1v) is 8.78. The molecule has 0 atom stereocenters. The highest BCUT2D eigenvalue weighted by atomic mass is 79.9. The molecule has 3 rings (SSSR count). The number of ketones is 1. The van der Waals surface area contributed by atoms with E-state index in [4.69, 9.17) is 28.7 Å². The zero-order chi connectivity index (χ0) is 18.0. The lowest BCUT2D eigenvalue weighted by molar-refractivity contribution is 0.104. The SMILES string of the molecule is [N-]=[N+]=NCc1cc(Cl)c(C(=O)c2c(Br)ccc3ccccc23)c(Cl)c1. The van der Waals surface area contributed by atoms with E-state index < -0.39 is 0 Å². The minimum absolute atomic E-state index is 0.113. The Labute approximate surface area is 162 Å². The molecule has 0 spiro atoms. The van der Waals surface area contributed by atoms with Crippen LogP contribution in [0.25, 0.3) is 21.2 Å². The second-order valence-electron chi connectivity index (χ2n) is 5.30. The van der Waals surface area contributed by atoms with Crippen molar-refractivity contribution < 1.29 is 4.79 Å². The average molecular weight is 435 g/mol. The van der Waals surface area contributed by atoms with Crippen molar-refractivity contribution in [2.24, 2.45) is 5.11 Å². The zero-order valence-electron chi connectivity index (χ0n) is 12.7. The van der Waals surface area contributed by atoms with Crippen molar-refractivity contribution in [2.45, 2.75) is 6.54 Å². The largest absolute Gasteiger partial charge is 0.288 e. The summed E-state index contributed by atoms with van der Waals surface area (Å²) in [6.45, 7) is 0.113. The Morgan fingerprint density at radius 3 is 2.44 bits per heavy atom. The molecule has 0 aliphatic rings. The molecule has 0 aromatic heterocycles. The van der Waals surface area contributed by atoms with Gasteiger partial charge in [0.05, 0.1) is 22.2 Å². The van der Waals surface area contributed by atoms with Crippen LogP contribution in [0.1, 0.15) is 21.5 Å². The van der Waals surface area contributed by atoms with E-state index in [1.807, 2.05) is 36.4 Å². The van der Waals surface area contributed by atoms with Crippen molar-refractivity contribution in [3.05, 3.63) is 90.2 Å². The smallest absolute Gasteiger partial charge is 0.197 e. The summed E-state index contributed by atoms with van der Waals surface area (Å²) < 4.78 is 0.668. The minimum atomic E-state index is -0.269. The number of fused-ring (bicyclic) bond motifs is 1. The second-order valence-corrected chi connectivity index (χ2v) is 6.96. The lowest BCUT2D eigenvalue weighted by Gasteiger charge is -2.12. The lowest BCUT2D eigenvalue weighted by atomic mass is 9.96. The average Bonchev–Trinajstić information content (AvgIpc) is 2.59. The van der Waals surface area contributed by atoms with Crippen molar-refractivity contribution >= 4 is 55.7 Å². The highest BCUT2D eigenvalue weighted by Crippen LogP contribution is 2.34. The van der Waals surface area contributed by atoms with E-state index in [1.165, 1.54) is 0 Å². The molecule has 0 aliphatic carbocycles. The summed E-state index contributed by atoms with van der Waals surface area (Å²) in [7, 11) is 0. The van der Waals surface area contributed by atoms with Crippen LogP contribution in [-0.4, -0.2) is 5.78 Å². The fourth-order valence-corrected chi connectivity index (χ4v) is 3.88. The topological polar surface area (TPSA) is 65.8 Å². The number of nitrogens with zero attached hydrogens (tertiary/aromatic N) is 3. The summed E-state index contributed by atoms with van der Waals surface area (Å²) in [5.41, 5.74) is 9.79. The van der Waals surface area contributed by atoms with Crippen molar-refractivity contribution in [1.82, 2.24) is 0 Å². The van der Waals surface area contributed by atoms with Crippen LogP contribution in [0.5, 0.6) is 0 Å². The van der Waals surface area contributed by atoms with Gasteiger partial charge in [0.1, 0.15) is 0 Å². The Morgan fingerprint density at radius 1 is 1.08 bits per heavy atom. The lowest BCUT2D eigenvalue weighted by Crippen LogP contribution is -2.06. The zero-order valence-corrected chi connectivity index (χ0v) is 15.8. The van der Waals surface area contributed by atoms with Crippen molar-refractivity contribution in [2.75, 3.05) is 0 Å². The summed E-state index contributed by atoms with van der Waals surface area (Å²) in [5, 5.41) is 5.69. The third-order valence-corrected chi connectivity index (χ3v) is 5.01. The summed E-state index contributed by atoms with van der Waals surface area (Å²) in [6.07, 6.45) is 0. The maximum absolute atomic E-state index is 13.2. The molecule has 25 heavy (non-hydrogen) atoms. The molecule has 0 fully saturated rings. The molecule has 0 saturated heterocycles. The molecule has 0 N–H and O–H groups in total. The maximum Gasteiger partial charge on any atom is 0.197 e. The molecule has 4 nitrogen and oxygen atoms in total. The van der Waals surface area contributed by atoms with E-state index in [0.717, 1.165) is 10.8 Å². The Hall–Kier alpha value is -2.04. The van der Waals surface area contributed by atoms with Crippen LogP contribution < -0.4 is 0 Å². The number of azide groups is 1. The normalized spacial score (nSPS) is 10.5. The molecule has 0 bridgehead atoms. The summed E-state index contributed by atoms with van der Waals surface area (Å²) in [5.74, 6) is -0.269. The van der Waals surface area contributed by atoms with Gasteiger partial charge in [0, 0.05) is 14.9 Å². The minimum Gasteiger partial charge on any atom is -0.288 e. The molecule has 0 unspecified atom stereocenters. The predicted molar refractivity (Wildman–Crippen MR) is 104 cm³/mol. The third-order valence-electron chi connectivity index (χ3n) is 3.75. The molecular weight excluding hydrogens is 425 g/mol. The van der Waals surface area contributed by atoms with Crippen LogP contribution in [0.2, 0.25) is 10.0 Å². The van der Waals surface area contributed by atoms with Gasteiger partial charge in [-0.05, 0) is 40.1 Å². The number of benzene rings is 3. The maximum atomic E-state index is 13.2. The molecule has 0 aliphatic heterocycles. The third kappa shape index (κ3) is 3.51. The van der Waals surface area contributed by atoms with E-state index in [-0.39, 0.29) is 27.9 Å². The van der Waals surface area contributed by atoms with Crippen LogP contribution in [0.4, 0.5) is 0 Å². The molecule has 3 aromatic carbocycles. The predicted octanol–water partition coefficient (Wildman–Crippen LogP) is 6.95. The Kier molecular flexibility index (Phi) is 5.30. The van der Waals surface area contributed by atoms with E-state index in [1.54, 1.807) is 12.1 Å². The van der Waals surface area contributed by atoms with Gasteiger partial charge in [-0.15, -0.1) is 0 Å². The first kappa shape index (κ1) is 17.8. The molecular formula is C18H10BrCl2N3O. The number of halogens is 3. The fraction of sp³-hybridized carbons (Fsp3) is 0.0556. The fourth-order valence-electron chi connectivity index (χ4n) is 2.65. The molecule has 3 aromatic rings. The van der Waals surface area contributed by atoms with Gasteiger partial charge in [-0.1, -0.05) is 74.6 Å². The van der Waals surface area contributed by atoms with Crippen molar-refractivity contribution in [1.29, 1.82) is 0 Å². The van der Waals surface area contributed by atoms with Crippen LogP contribution in [0.3, 0.4) is 0 Å². The Morgan fingerprint density at radius 2 is 1.76 bits per heavy atom. The van der Waals surface area contributed by atoms with Gasteiger partial charge in [0.15, 0.2) is 5.78 Å². The molecule has 0 amide bonds. The standard InChI is InChI=1S/C18H10BrCl2N3O/c19-13-6-5-11-3-1-2-4-12(11)16(13)18(25)17-14(20)7-10(8-15(17)21)9-23-24-22/h1-8H,9H2. The number of carbonyl (C=O) groups excluding carboxylic acids is 1. The highest BCUT2D eigenvalue weighted by molar-refractivity contribution is 9.10. The first-order chi connectivity index (χ1) is 12.0. The number of hydrogen-bond donors (Lipinski definition) is 0. The second kappa shape index (κ2) is 7.46. The van der Waals surface area contributed by atoms with E-state index in [2.05, 4.69) is 26.0 Å². The molecule has 0 saturated carbocycles. The van der Waals surface area contributed by atoms with Crippen molar-refractivity contribution in [3.8, 4) is 0 Å². The van der Waals surface area contributed by atoms with Crippen LogP contribution >= 0.6 is 39.1 Å². The molecule has 7 heteroatoms. The summed E-state index contributed by atoms with van der Waals surface area (Å²) >= 11 is 16.1. The summed E-state index contributed by atoms with van der Waals surface area (Å²) in [4.78, 5) is 15.9. The molecule has 124 valence electrons. The Balaban J connectivity index is 2.17. The highest BCUT2D eigenvalue weighted by Gasteiger charge is 2.22.